The van der Waals surface area contributed by atoms with Crippen LogP contribution >= 0.6 is 23.4 Å². The molecule has 0 spiro atoms. The fourth-order valence-electron chi connectivity index (χ4n) is 2.39. The lowest BCUT2D eigenvalue weighted by atomic mass is 10.0. The molecule has 3 rings (SSSR count). The van der Waals surface area contributed by atoms with E-state index in [9.17, 15) is 0 Å². The number of thioether (sulfide) groups is 1. The minimum atomic E-state index is 0.405. The highest BCUT2D eigenvalue weighted by Crippen LogP contribution is 2.38. The van der Waals surface area contributed by atoms with Crippen LogP contribution in [0.4, 0.5) is 0 Å². The van der Waals surface area contributed by atoms with Crippen molar-refractivity contribution in [3.63, 3.8) is 0 Å². The minimum Gasteiger partial charge on any atom is -0.118 e. The van der Waals surface area contributed by atoms with Crippen LogP contribution in [-0.2, 0) is 0 Å². The molecule has 1 atom stereocenters. The van der Waals surface area contributed by atoms with Crippen molar-refractivity contribution in [3.05, 3.63) is 77.3 Å². The molecule has 0 fully saturated rings. The molecule has 2 heteroatoms. The van der Waals surface area contributed by atoms with E-state index in [2.05, 4.69) is 61.5 Å². The quantitative estimate of drug-likeness (QED) is 0.508. The fourth-order valence-corrected chi connectivity index (χ4v) is 3.55. The molecule has 3 aromatic rings. The number of benzene rings is 3. The maximum atomic E-state index is 5.93. The molecule has 0 aliphatic rings. The van der Waals surface area contributed by atoms with Gasteiger partial charge in [-0.2, -0.15) is 0 Å². The Kier molecular flexibility index (Phi) is 4.00. The number of fused-ring (bicyclic) bond motifs is 1. The summed E-state index contributed by atoms with van der Waals surface area (Å²) in [5.74, 6) is 0. The van der Waals surface area contributed by atoms with E-state index in [1.54, 1.807) is 0 Å². The topological polar surface area (TPSA) is 0 Å². The zero-order valence-corrected chi connectivity index (χ0v) is 12.8. The van der Waals surface area contributed by atoms with E-state index >= 15 is 0 Å². The average molecular weight is 299 g/mol. The zero-order valence-electron chi connectivity index (χ0n) is 11.2. The van der Waals surface area contributed by atoms with Gasteiger partial charge in [-0.3, -0.25) is 0 Å². The third-order valence-corrected chi connectivity index (χ3v) is 4.79. The van der Waals surface area contributed by atoms with Gasteiger partial charge in [0.2, 0.25) is 0 Å². The van der Waals surface area contributed by atoms with Crippen molar-refractivity contribution < 1.29 is 0 Å². The number of rotatable bonds is 3. The second kappa shape index (κ2) is 5.90. The molecule has 0 aliphatic heterocycles. The number of hydrogen-bond donors (Lipinski definition) is 0. The van der Waals surface area contributed by atoms with Crippen LogP contribution in [0.5, 0.6) is 0 Å². The van der Waals surface area contributed by atoms with Gasteiger partial charge in [0, 0.05) is 15.2 Å². The molecule has 1 unspecified atom stereocenters. The van der Waals surface area contributed by atoms with Crippen molar-refractivity contribution in [2.45, 2.75) is 17.1 Å². The zero-order chi connectivity index (χ0) is 13.9. The molecule has 0 aliphatic carbocycles. The standard InChI is InChI=1S/C18H15ClS/c1-13(20-16-11-9-15(19)10-12-16)17-8-4-6-14-5-2-3-7-18(14)17/h2-13H,1H3. The van der Waals surface area contributed by atoms with Crippen LogP contribution in [-0.4, -0.2) is 0 Å². The van der Waals surface area contributed by atoms with Gasteiger partial charge < -0.3 is 0 Å². The van der Waals surface area contributed by atoms with Crippen molar-refractivity contribution in [3.8, 4) is 0 Å². The Labute approximate surface area is 128 Å². The Balaban J connectivity index is 1.92. The summed E-state index contributed by atoms with van der Waals surface area (Å²) in [6.45, 7) is 2.25. The van der Waals surface area contributed by atoms with E-state index in [1.165, 1.54) is 21.2 Å². The lowest BCUT2D eigenvalue weighted by Crippen LogP contribution is -1.90. The van der Waals surface area contributed by atoms with Crippen LogP contribution in [0.15, 0.2) is 71.6 Å². The molecule has 0 saturated carbocycles. The van der Waals surface area contributed by atoms with Crippen LogP contribution in [0.2, 0.25) is 5.02 Å². The SMILES string of the molecule is CC(Sc1ccc(Cl)cc1)c1cccc2ccccc12. The molecule has 0 N–H and O–H groups in total. The van der Waals surface area contributed by atoms with Gasteiger partial charge in [-0.15, -0.1) is 11.8 Å². The fraction of sp³-hybridized carbons (Fsp3) is 0.111. The summed E-state index contributed by atoms with van der Waals surface area (Å²) >= 11 is 7.80. The van der Waals surface area contributed by atoms with Gasteiger partial charge in [-0.25, -0.2) is 0 Å². The van der Waals surface area contributed by atoms with Gasteiger partial charge in [0.1, 0.15) is 0 Å². The van der Waals surface area contributed by atoms with Crippen LogP contribution in [0.3, 0.4) is 0 Å². The van der Waals surface area contributed by atoms with Crippen LogP contribution in [0, 0.1) is 0 Å². The Morgan fingerprint density at radius 2 is 1.55 bits per heavy atom. The largest absolute Gasteiger partial charge is 0.118 e. The predicted molar refractivity (Wildman–Crippen MR) is 89.7 cm³/mol. The third kappa shape index (κ3) is 2.84. The minimum absolute atomic E-state index is 0.405. The molecule has 0 heterocycles. The lowest BCUT2D eigenvalue weighted by Gasteiger charge is -2.14. The number of halogens is 1. The average Bonchev–Trinajstić information content (AvgIpc) is 2.49. The van der Waals surface area contributed by atoms with Gasteiger partial charge in [-0.1, -0.05) is 54.1 Å². The monoisotopic (exact) mass is 298 g/mol. The van der Waals surface area contributed by atoms with Crippen LogP contribution in [0.25, 0.3) is 10.8 Å². The first-order valence-electron chi connectivity index (χ1n) is 6.64. The third-order valence-electron chi connectivity index (χ3n) is 3.39. The van der Waals surface area contributed by atoms with Gasteiger partial charge in [0.05, 0.1) is 0 Å². The number of hydrogen-bond acceptors (Lipinski definition) is 1. The summed E-state index contributed by atoms with van der Waals surface area (Å²) in [5.41, 5.74) is 1.38. The van der Waals surface area contributed by atoms with Crippen molar-refractivity contribution in [2.24, 2.45) is 0 Å². The second-order valence-electron chi connectivity index (χ2n) is 4.78. The van der Waals surface area contributed by atoms with Crippen molar-refractivity contribution >= 4 is 34.1 Å². The molecule has 0 nitrogen and oxygen atoms in total. The Morgan fingerprint density at radius 1 is 0.850 bits per heavy atom. The summed E-state index contributed by atoms with van der Waals surface area (Å²) in [6, 6.07) is 23.1. The van der Waals surface area contributed by atoms with E-state index in [-0.39, 0.29) is 0 Å². The first-order valence-corrected chi connectivity index (χ1v) is 7.90. The van der Waals surface area contributed by atoms with E-state index in [1.807, 2.05) is 23.9 Å². The summed E-state index contributed by atoms with van der Waals surface area (Å²) in [5, 5.41) is 3.83. The molecular formula is C18H15ClS. The summed E-state index contributed by atoms with van der Waals surface area (Å²) in [7, 11) is 0. The van der Waals surface area contributed by atoms with E-state index in [0.717, 1.165) is 5.02 Å². The Bertz CT molecular complexity index is 714. The molecule has 3 aromatic carbocycles. The highest BCUT2D eigenvalue weighted by molar-refractivity contribution is 7.99. The molecule has 0 bridgehead atoms. The molecule has 0 saturated heterocycles. The normalized spacial score (nSPS) is 12.5. The van der Waals surface area contributed by atoms with E-state index in [0.29, 0.717) is 5.25 Å². The maximum Gasteiger partial charge on any atom is 0.0406 e. The highest BCUT2D eigenvalue weighted by atomic mass is 35.5. The highest BCUT2D eigenvalue weighted by Gasteiger charge is 2.10. The molecule has 20 heavy (non-hydrogen) atoms. The summed E-state index contributed by atoms with van der Waals surface area (Å²) in [6.07, 6.45) is 0. The van der Waals surface area contributed by atoms with E-state index in [4.69, 9.17) is 11.6 Å². The second-order valence-corrected chi connectivity index (χ2v) is 6.63. The molecular weight excluding hydrogens is 284 g/mol. The van der Waals surface area contributed by atoms with Crippen molar-refractivity contribution in [2.75, 3.05) is 0 Å². The smallest absolute Gasteiger partial charge is 0.0406 e. The van der Waals surface area contributed by atoms with Gasteiger partial charge in [-0.05, 0) is 47.5 Å². The predicted octanol–water partition coefficient (Wildman–Crippen LogP) is 6.35. The lowest BCUT2D eigenvalue weighted by molar-refractivity contribution is 1.11. The van der Waals surface area contributed by atoms with Gasteiger partial charge in [0.25, 0.3) is 0 Å². The summed E-state index contributed by atoms with van der Waals surface area (Å²) < 4.78 is 0. The van der Waals surface area contributed by atoms with Gasteiger partial charge in [0.15, 0.2) is 0 Å². The van der Waals surface area contributed by atoms with Crippen molar-refractivity contribution in [1.82, 2.24) is 0 Å². The van der Waals surface area contributed by atoms with Crippen molar-refractivity contribution in [1.29, 1.82) is 0 Å². The molecule has 0 aromatic heterocycles. The summed E-state index contributed by atoms with van der Waals surface area (Å²) in [4.78, 5) is 1.25. The van der Waals surface area contributed by atoms with Gasteiger partial charge >= 0.3 is 0 Å². The molecule has 0 radical (unpaired) electrons. The Morgan fingerprint density at radius 3 is 2.35 bits per heavy atom. The first kappa shape index (κ1) is 13.5. The first-order chi connectivity index (χ1) is 9.74. The van der Waals surface area contributed by atoms with Crippen LogP contribution < -0.4 is 0 Å². The Hall–Kier alpha value is -1.44. The van der Waals surface area contributed by atoms with E-state index < -0.39 is 0 Å². The molecule has 100 valence electrons. The maximum absolute atomic E-state index is 5.93. The molecule has 0 amide bonds. The van der Waals surface area contributed by atoms with Crippen LogP contribution in [0.1, 0.15) is 17.7 Å².